The van der Waals surface area contributed by atoms with Crippen LogP contribution in [-0.4, -0.2) is 23.1 Å². The fraction of sp³-hybridized carbons (Fsp3) is 0.588. The summed E-state index contributed by atoms with van der Waals surface area (Å²) in [6, 6.07) is 6.55. The summed E-state index contributed by atoms with van der Waals surface area (Å²) in [6.07, 6.45) is 4.84. The summed E-state index contributed by atoms with van der Waals surface area (Å²) in [7, 11) is 0. The van der Waals surface area contributed by atoms with Crippen LogP contribution < -0.4 is 11.1 Å². The topological polar surface area (TPSA) is 75.4 Å². The highest BCUT2D eigenvalue weighted by atomic mass is 16.3. The first kappa shape index (κ1) is 15.8. The Morgan fingerprint density at radius 1 is 1.33 bits per heavy atom. The van der Waals surface area contributed by atoms with Crippen molar-refractivity contribution in [3.8, 4) is 5.75 Å². The molecule has 1 amide bonds. The van der Waals surface area contributed by atoms with Gasteiger partial charge in [-0.05, 0) is 55.2 Å². The Balaban J connectivity index is 1.81. The molecule has 0 unspecified atom stereocenters. The molecule has 116 valence electrons. The van der Waals surface area contributed by atoms with Crippen LogP contribution in [0.1, 0.15) is 45.1 Å². The fourth-order valence-electron chi connectivity index (χ4n) is 2.83. The van der Waals surface area contributed by atoms with E-state index >= 15 is 0 Å². The maximum Gasteiger partial charge on any atom is 0.237 e. The smallest absolute Gasteiger partial charge is 0.237 e. The number of carbonyl (C=O) groups excluding carboxylic acids is 1. The van der Waals surface area contributed by atoms with E-state index in [-0.39, 0.29) is 17.7 Å². The van der Waals surface area contributed by atoms with Gasteiger partial charge in [0, 0.05) is 6.04 Å². The van der Waals surface area contributed by atoms with Crippen LogP contribution in [-0.2, 0) is 11.2 Å². The number of nitrogens with two attached hydrogens (primary N) is 1. The molecule has 1 aliphatic carbocycles. The Labute approximate surface area is 126 Å². The number of rotatable bonds is 4. The van der Waals surface area contributed by atoms with Crippen LogP contribution in [0, 0.1) is 5.41 Å². The van der Waals surface area contributed by atoms with Crippen molar-refractivity contribution in [2.45, 2.75) is 58.0 Å². The standard InChI is InChI=1S/C17H26N2O2/c1-17(2)9-7-13(8-10-17)19-16(21)15(18)11-12-3-5-14(20)6-4-12/h3-6,13,15,20H,7-11,18H2,1-2H3,(H,19,21)/t15-/m1/s1. The monoisotopic (exact) mass is 290 g/mol. The molecule has 1 saturated carbocycles. The first-order valence-corrected chi connectivity index (χ1v) is 7.70. The number of benzene rings is 1. The molecular formula is C17H26N2O2. The lowest BCUT2D eigenvalue weighted by Gasteiger charge is -2.35. The van der Waals surface area contributed by atoms with Crippen molar-refractivity contribution in [1.82, 2.24) is 5.32 Å². The molecule has 0 aromatic heterocycles. The summed E-state index contributed by atoms with van der Waals surface area (Å²) in [5.74, 6) is 0.148. The lowest BCUT2D eigenvalue weighted by molar-refractivity contribution is -0.123. The van der Waals surface area contributed by atoms with Gasteiger partial charge in [0.15, 0.2) is 0 Å². The summed E-state index contributed by atoms with van der Waals surface area (Å²) < 4.78 is 0. The predicted octanol–water partition coefficient (Wildman–Crippen LogP) is 2.35. The predicted molar refractivity (Wildman–Crippen MR) is 84.0 cm³/mol. The first-order valence-electron chi connectivity index (χ1n) is 7.70. The summed E-state index contributed by atoms with van der Waals surface area (Å²) in [6.45, 7) is 4.56. The van der Waals surface area contributed by atoms with Gasteiger partial charge in [0.25, 0.3) is 0 Å². The van der Waals surface area contributed by atoms with E-state index in [4.69, 9.17) is 5.73 Å². The van der Waals surface area contributed by atoms with Gasteiger partial charge in [-0.25, -0.2) is 0 Å². The Morgan fingerprint density at radius 3 is 2.48 bits per heavy atom. The molecule has 2 rings (SSSR count). The molecule has 4 nitrogen and oxygen atoms in total. The van der Waals surface area contributed by atoms with Crippen LogP contribution >= 0.6 is 0 Å². The molecule has 0 heterocycles. The third-order valence-electron chi connectivity index (χ3n) is 4.41. The number of phenolic OH excluding ortho intramolecular Hbond substituents is 1. The van der Waals surface area contributed by atoms with E-state index < -0.39 is 6.04 Å². The first-order chi connectivity index (χ1) is 9.85. The van der Waals surface area contributed by atoms with Crippen LogP contribution in [0.2, 0.25) is 0 Å². The maximum absolute atomic E-state index is 12.2. The van der Waals surface area contributed by atoms with Gasteiger partial charge in [0.1, 0.15) is 5.75 Å². The van der Waals surface area contributed by atoms with Crippen molar-refractivity contribution < 1.29 is 9.90 Å². The second kappa shape index (κ2) is 6.48. The largest absolute Gasteiger partial charge is 0.508 e. The highest BCUT2D eigenvalue weighted by Crippen LogP contribution is 2.34. The van der Waals surface area contributed by atoms with Crippen molar-refractivity contribution in [2.75, 3.05) is 0 Å². The lowest BCUT2D eigenvalue weighted by Crippen LogP contribution is -2.47. The van der Waals surface area contributed by atoms with Crippen LogP contribution in [0.4, 0.5) is 0 Å². The molecule has 4 N–H and O–H groups in total. The number of phenols is 1. The molecule has 0 aliphatic heterocycles. The zero-order valence-corrected chi connectivity index (χ0v) is 12.9. The molecule has 0 spiro atoms. The van der Waals surface area contributed by atoms with Gasteiger partial charge in [-0.1, -0.05) is 26.0 Å². The van der Waals surface area contributed by atoms with Crippen molar-refractivity contribution in [1.29, 1.82) is 0 Å². The Bertz CT molecular complexity index is 472. The van der Waals surface area contributed by atoms with Gasteiger partial charge in [-0.2, -0.15) is 0 Å². The highest BCUT2D eigenvalue weighted by Gasteiger charge is 2.28. The van der Waals surface area contributed by atoms with Crippen LogP contribution in [0.5, 0.6) is 5.75 Å². The third-order valence-corrected chi connectivity index (χ3v) is 4.41. The molecule has 1 aromatic carbocycles. The zero-order chi connectivity index (χ0) is 15.5. The minimum atomic E-state index is -0.538. The fourth-order valence-corrected chi connectivity index (χ4v) is 2.83. The van der Waals surface area contributed by atoms with Crippen molar-refractivity contribution >= 4 is 5.91 Å². The van der Waals surface area contributed by atoms with E-state index in [0.717, 1.165) is 31.2 Å². The van der Waals surface area contributed by atoms with Gasteiger partial charge in [-0.15, -0.1) is 0 Å². The number of amides is 1. The van der Waals surface area contributed by atoms with Crippen molar-refractivity contribution in [2.24, 2.45) is 11.1 Å². The normalized spacial score (nSPS) is 20.0. The molecule has 0 bridgehead atoms. The van der Waals surface area contributed by atoms with Crippen LogP contribution in [0.25, 0.3) is 0 Å². The minimum absolute atomic E-state index is 0.0761. The van der Waals surface area contributed by atoms with E-state index in [2.05, 4.69) is 19.2 Å². The molecule has 1 atom stereocenters. The van der Waals surface area contributed by atoms with E-state index in [1.807, 2.05) is 0 Å². The molecule has 4 heteroatoms. The van der Waals surface area contributed by atoms with E-state index in [1.165, 1.54) is 0 Å². The van der Waals surface area contributed by atoms with Gasteiger partial charge in [0.05, 0.1) is 6.04 Å². The van der Waals surface area contributed by atoms with Crippen molar-refractivity contribution in [3.05, 3.63) is 29.8 Å². The number of carbonyl (C=O) groups is 1. The summed E-state index contributed by atoms with van der Waals surface area (Å²) in [5.41, 5.74) is 7.34. The number of hydrogen-bond donors (Lipinski definition) is 3. The number of aromatic hydroxyl groups is 1. The summed E-state index contributed by atoms with van der Waals surface area (Å²) in [4.78, 5) is 12.2. The van der Waals surface area contributed by atoms with E-state index in [1.54, 1.807) is 24.3 Å². The number of hydrogen-bond acceptors (Lipinski definition) is 3. The molecule has 1 aromatic rings. The lowest BCUT2D eigenvalue weighted by atomic mass is 9.75. The van der Waals surface area contributed by atoms with E-state index in [9.17, 15) is 9.90 Å². The van der Waals surface area contributed by atoms with Gasteiger partial charge in [0.2, 0.25) is 5.91 Å². The molecule has 1 aliphatic rings. The number of nitrogens with one attached hydrogen (secondary N) is 1. The minimum Gasteiger partial charge on any atom is -0.508 e. The highest BCUT2D eigenvalue weighted by molar-refractivity contribution is 5.82. The second-order valence-electron chi connectivity index (χ2n) is 6.92. The molecular weight excluding hydrogens is 264 g/mol. The SMILES string of the molecule is CC1(C)CCC(NC(=O)[C@H](N)Cc2ccc(O)cc2)CC1. The molecule has 21 heavy (non-hydrogen) atoms. The van der Waals surface area contributed by atoms with Crippen LogP contribution in [0.15, 0.2) is 24.3 Å². The molecule has 0 saturated heterocycles. The van der Waals surface area contributed by atoms with Gasteiger partial charge < -0.3 is 16.2 Å². The quantitative estimate of drug-likeness (QED) is 0.796. The summed E-state index contributed by atoms with van der Waals surface area (Å²) in [5, 5.41) is 12.3. The second-order valence-corrected chi connectivity index (χ2v) is 6.92. The average Bonchev–Trinajstić information content (AvgIpc) is 2.43. The Hall–Kier alpha value is -1.55. The van der Waals surface area contributed by atoms with Crippen molar-refractivity contribution in [3.63, 3.8) is 0 Å². The van der Waals surface area contributed by atoms with Gasteiger partial charge >= 0.3 is 0 Å². The molecule has 1 fully saturated rings. The summed E-state index contributed by atoms with van der Waals surface area (Å²) >= 11 is 0. The molecule has 0 radical (unpaired) electrons. The van der Waals surface area contributed by atoms with Gasteiger partial charge in [-0.3, -0.25) is 4.79 Å². The van der Waals surface area contributed by atoms with E-state index in [0.29, 0.717) is 11.8 Å². The zero-order valence-electron chi connectivity index (χ0n) is 12.9. The Kier molecular flexibility index (Phi) is 4.88. The Morgan fingerprint density at radius 2 is 1.90 bits per heavy atom. The third kappa shape index (κ3) is 4.74. The average molecular weight is 290 g/mol. The maximum atomic E-state index is 12.2. The van der Waals surface area contributed by atoms with Crippen LogP contribution in [0.3, 0.4) is 0 Å².